The number of hydrogen-bond donors (Lipinski definition) is 1. The molecule has 3 heteroatoms. The van der Waals surface area contributed by atoms with Crippen molar-refractivity contribution in [3.63, 3.8) is 0 Å². The second-order valence-corrected chi connectivity index (χ2v) is 10.1. The number of amides is 1. The zero-order valence-electron chi connectivity index (χ0n) is 21.9. The molecule has 186 valence electrons. The van der Waals surface area contributed by atoms with E-state index in [-0.39, 0.29) is 11.5 Å². The predicted octanol–water partition coefficient (Wildman–Crippen LogP) is 8.74. The molecule has 0 saturated heterocycles. The fourth-order valence-electron chi connectivity index (χ4n) is 4.03. The van der Waals surface area contributed by atoms with Crippen LogP contribution in [0, 0.1) is 0 Å². The number of carbonyl (C=O) groups is 1. The molecule has 0 fully saturated rings. The van der Waals surface area contributed by atoms with Crippen molar-refractivity contribution in [2.24, 2.45) is 0 Å². The van der Waals surface area contributed by atoms with Crippen LogP contribution in [0.15, 0.2) is 0 Å². The van der Waals surface area contributed by atoms with E-state index in [1.807, 2.05) is 0 Å². The molecule has 0 radical (unpaired) electrons. The maximum Gasteiger partial charge on any atom is 0.220 e. The summed E-state index contributed by atoms with van der Waals surface area (Å²) in [6, 6.07) is 0. The average molecular weight is 440 g/mol. The Morgan fingerprint density at radius 1 is 0.645 bits per heavy atom. The molecule has 0 unspecified atom stereocenters. The van der Waals surface area contributed by atoms with Gasteiger partial charge in [0.05, 0.1) is 5.60 Å². The fourth-order valence-corrected chi connectivity index (χ4v) is 4.03. The summed E-state index contributed by atoms with van der Waals surface area (Å²) in [4.78, 5) is 12.0. The molecule has 31 heavy (non-hydrogen) atoms. The Labute approximate surface area is 195 Å². The molecular formula is C28H57NO2. The van der Waals surface area contributed by atoms with E-state index in [2.05, 4.69) is 33.0 Å². The SMILES string of the molecule is CCCCCCCCCCCCCCCCCCCNC(=O)CCC(C)(C)OCCC. The molecule has 1 amide bonds. The summed E-state index contributed by atoms with van der Waals surface area (Å²) >= 11 is 0. The van der Waals surface area contributed by atoms with Crippen molar-refractivity contribution in [3.05, 3.63) is 0 Å². The largest absolute Gasteiger partial charge is 0.376 e. The highest BCUT2D eigenvalue weighted by Gasteiger charge is 2.19. The van der Waals surface area contributed by atoms with E-state index in [4.69, 9.17) is 4.74 Å². The molecule has 0 aliphatic heterocycles. The van der Waals surface area contributed by atoms with Crippen LogP contribution in [-0.4, -0.2) is 24.7 Å². The van der Waals surface area contributed by atoms with Gasteiger partial charge in [-0.1, -0.05) is 117 Å². The van der Waals surface area contributed by atoms with Crippen LogP contribution in [0.2, 0.25) is 0 Å². The zero-order valence-corrected chi connectivity index (χ0v) is 21.9. The van der Waals surface area contributed by atoms with Crippen molar-refractivity contribution >= 4 is 5.91 Å². The van der Waals surface area contributed by atoms with Crippen LogP contribution in [-0.2, 0) is 9.53 Å². The maximum absolute atomic E-state index is 12.0. The summed E-state index contributed by atoms with van der Waals surface area (Å²) in [6.45, 7) is 10.2. The average Bonchev–Trinajstić information content (AvgIpc) is 2.75. The normalized spacial score (nSPS) is 11.7. The van der Waals surface area contributed by atoms with Crippen molar-refractivity contribution in [3.8, 4) is 0 Å². The first-order valence-electron chi connectivity index (χ1n) is 13.9. The number of ether oxygens (including phenoxy) is 1. The van der Waals surface area contributed by atoms with Gasteiger partial charge in [-0.05, 0) is 33.1 Å². The minimum atomic E-state index is -0.193. The lowest BCUT2D eigenvalue weighted by molar-refractivity contribution is -0.122. The topological polar surface area (TPSA) is 38.3 Å². The number of rotatable bonds is 24. The number of unbranched alkanes of at least 4 members (excludes halogenated alkanes) is 16. The van der Waals surface area contributed by atoms with E-state index in [0.29, 0.717) is 6.42 Å². The van der Waals surface area contributed by atoms with Crippen molar-refractivity contribution in [1.82, 2.24) is 5.32 Å². The fraction of sp³-hybridized carbons (Fsp3) is 0.964. The predicted molar refractivity (Wildman–Crippen MR) is 137 cm³/mol. The molecule has 0 aliphatic carbocycles. The molecule has 1 N–H and O–H groups in total. The van der Waals surface area contributed by atoms with Crippen molar-refractivity contribution < 1.29 is 9.53 Å². The molecule has 0 heterocycles. The molecule has 0 aromatic rings. The maximum atomic E-state index is 12.0. The van der Waals surface area contributed by atoms with Gasteiger partial charge in [0.15, 0.2) is 0 Å². The minimum Gasteiger partial charge on any atom is -0.376 e. The Balaban J connectivity index is 3.25. The lowest BCUT2D eigenvalue weighted by atomic mass is 10.0. The summed E-state index contributed by atoms with van der Waals surface area (Å²) in [7, 11) is 0. The van der Waals surface area contributed by atoms with Crippen molar-refractivity contribution in [2.75, 3.05) is 13.2 Å². The van der Waals surface area contributed by atoms with Gasteiger partial charge < -0.3 is 10.1 Å². The molecule has 0 rings (SSSR count). The van der Waals surface area contributed by atoms with Gasteiger partial charge in [0, 0.05) is 19.6 Å². The summed E-state index contributed by atoms with van der Waals surface area (Å²) < 4.78 is 5.79. The quantitative estimate of drug-likeness (QED) is 0.153. The van der Waals surface area contributed by atoms with Gasteiger partial charge in [0.2, 0.25) is 5.91 Å². The standard InChI is InChI=1S/C28H57NO2/c1-5-7-8-9-10-11-12-13-14-15-16-17-18-19-20-21-22-25-29-27(30)23-24-28(3,4)31-26-6-2/h5-26H2,1-4H3,(H,29,30). The van der Waals surface area contributed by atoms with Crippen molar-refractivity contribution in [2.45, 2.75) is 162 Å². The molecule has 0 aliphatic rings. The molecule has 0 spiro atoms. The van der Waals surface area contributed by atoms with E-state index < -0.39 is 0 Å². The molecule has 0 bridgehead atoms. The molecule has 3 nitrogen and oxygen atoms in total. The second kappa shape index (κ2) is 22.6. The third-order valence-electron chi connectivity index (χ3n) is 6.25. The van der Waals surface area contributed by atoms with Crippen molar-refractivity contribution in [1.29, 1.82) is 0 Å². The monoisotopic (exact) mass is 439 g/mol. The lowest BCUT2D eigenvalue weighted by Crippen LogP contribution is -2.30. The van der Waals surface area contributed by atoms with Crippen LogP contribution in [0.1, 0.15) is 156 Å². The van der Waals surface area contributed by atoms with Gasteiger partial charge in [-0.3, -0.25) is 4.79 Å². The van der Waals surface area contributed by atoms with Crippen LogP contribution < -0.4 is 5.32 Å². The number of carbonyl (C=O) groups excluding carboxylic acids is 1. The van der Waals surface area contributed by atoms with Gasteiger partial charge >= 0.3 is 0 Å². The van der Waals surface area contributed by atoms with Crippen LogP contribution in [0.5, 0.6) is 0 Å². The summed E-state index contributed by atoms with van der Waals surface area (Å²) in [5.41, 5.74) is -0.193. The van der Waals surface area contributed by atoms with Gasteiger partial charge in [0.1, 0.15) is 0 Å². The van der Waals surface area contributed by atoms with Crippen LogP contribution in [0.25, 0.3) is 0 Å². The Kier molecular flexibility index (Phi) is 22.2. The zero-order chi connectivity index (χ0) is 23.0. The highest BCUT2D eigenvalue weighted by molar-refractivity contribution is 5.75. The van der Waals surface area contributed by atoms with Crippen LogP contribution >= 0.6 is 0 Å². The third-order valence-corrected chi connectivity index (χ3v) is 6.25. The molecular weight excluding hydrogens is 382 g/mol. The van der Waals surface area contributed by atoms with Gasteiger partial charge in [-0.2, -0.15) is 0 Å². The molecule has 0 atom stereocenters. The summed E-state index contributed by atoms with van der Waals surface area (Å²) in [5.74, 6) is 0.171. The van der Waals surface area contributed by atoms with Crippen LogP contribution in [0.4, 0.5) is 0 Å². The van der Waals surface area contributed by atoms with Gasteiger partial charge in [-0.15, -0.1) is 0 Å². The molecule has 0 saturated carbocycles. The Morgan fingerprint density at radius 3 is 1.48 bits per heavy atom. The Hall–Kier alpha value is -0.570. The van der Waals surface area contributed by atoms with Gasteiger partial charge in [-0.25, -0.2) is 0 Å². The van der Waals surface area contributed by atoms with E-state index in [0.717, 1.165) is 32.4 Å². The first-order valence-corrected chi connectivity index (χ1v) is 13.9. The number of nitrogens with one attached hydrogen (secondary N) is 1. The first kappa shape index (κ1) is 30.4. The van der Waals surface area contributed by atoms with Crippen LogP contribution in [0.3, 0.4) is 0 Å². The molecule has 0 aromatic heterocycles. The summed E-state index contributed by atoms with van der Waals surface area (Å²) in [5, 5.41) is 3.07. The Bertz CT molecular complexity index is 381. The second-order valence-electron chi connectivity index (χ2n) is 10.1. The Morgan fingerprint density at radius 2 is 1.06 bits per heavy atom. The number of hydrogen-bond acceptors (Lipinski definition) is 2. The molecule has 0 aromatic carbocycles. The smallest absolute Gasteiger partial charge is 0.220 e. The van der Waals surface area contributed by atoms with E-state index in [9.17, 15) is 4.79 Å². The third kappa shape index (κ3) is 23.9. The van der Waals surface area contributed by atoms with E-state index >= 15 is 0 Å². The highest BCUT2D eigenvalue weighted by Crippen LogP contribution is 2.17. The lowest BCUT2D eigenvalue weighted by Gasteiger charge is -2.24. The van der Waals surface area contributed by atoms with E-state index in [1.54, 1.807) is 0 Å². The highest BCUT2D eigenvalue weighted by atomic mass is 16.5. The summed E-state index contributed by atoms with van der Waals surface area (Å²) in [6.07, 6.45) is 26.0. The first-order chi connectivity index (χ1) is 15.0. The minimum absolute atomic E-state index is 0.171. The van der Waals surface area contributed by atoms with Gasteiger partial charge in [0.25, 0.3) is 0 Å². The van der Waals surface area contributed by atoms with E-state index in [1.165, 1.54) is 103 Å².